The number of aliphatic hydroxyl groups is 1. The Labute approximate surface area is 189 Å². The fourth-order valence-corrected chi connectivity index (χ4v) is 3.80. The number of esters is 1. The van der Waals surface area contributed by atoms with Crippen molar-refractivity contribution in [3.05, 3.63) is 65.2 Å². The van der Waals surface area contributed by atoms with E-state index in [0.717, 1.165) is 11.3 Å². The quantitative estimate of drug-likeness (QED) is 0.533. The van der Waals surface area contributed by atoms with Crippen LogP contribution < -0.4 is 10.6 Å². The normalized spacial score (nSPS) is 14.8. The third kappa shape index (κ3) is 7.26. The predicted molar refractivity (Wildman–Crippen MR) is 124 cm³/mol. The second kappa shape index (κ2) is 12.3. The Morgan fingerprint density at radius 2 is 1.68 bits per heavy atom. The molecule has 1 amide bonds. The Balaban J connectivity index is 0.00000341. The second-order valence-electron chi connectivity index (χ2n) is 7.76. The van der Waals surface area contributed by atoms with Gasteiger partial charge < -0.3 is 20.5 Å². The highest BCUT2D eigenvalue weighted by Gasteiger charge is 2.17. The molecule has 0 spiro atoms. The maximum Gasteiger partial charge on any atom is 0.336 e. The molecule has 1 fully saturated rings. The number of methoxy groups -OCH3 is 1. The summed E-state index contributed by atoms with van der Waals surface area (Å²) >= 11 is 0. The van der Waals surface area contributed by atoms with E-state index in [0.29, 0.717) is 18.0 Å². The van der Waals surface area contributed by atoms with E-state index in [4.69, 9.17) is 0 Å². The van der Waals surface area contributed by atoms with Gasteiger partial charge >= 0.3 is 5.97 Å². The molecule has 0 saturated heterocycles. The average molecular weight is 447 g/mol. The molecule has 2 aromatic carbocycles. The molecule has 1 saturated carbocycles. The molecule has 31 heavy (non-hydrogen) atoms. The van der Waals surface area contributed by atoms with E-state index >= 15 is 0 Å². The molecule has 2 aromatic rings. The maximum absolute atomic E-state index is 12.1. The van der Waals surface area contributed by atoms with Gasteiger partial charge in [0.25, 0.3) is 5.91 Å². The van der Waals surface area contributed by atoms with Crippen molar-refractivity contribution in [3.63, 3.8) is 0 Å². The molecule has 0 heterocycles. The molecule has 6 nitrogen and oxygen atoms in total. The van der Waals surface area contributed by atoms with E-state index in [1.165, 1.54) is 44.8 Å². The van der Waals surface area contributed by atoms with Crippen LogP contribution in [0.5, 0.6) is 0 Å². The fourth-order valence-electron chi connectivity index (χ4n) is 3.80. The lowest BCUT2D eigenvalue weighted by Crippen LogP contribution is -2.37. The van der Waals surface area contributed by atoms with Crippen LogP contribution >= 0.6 is 12.4 Å². The number of hydrogen-bond acceptors (Lipinski definition) is 5. The summed E-state index contributed by atoms with van der Waals surface area (Å²) in [5.41, 5.74) is 4.03. The van der Waals surface area contributed by atoms with Crippen molar-refractivity contribution in [2.45, 2.75) is 50.7 Å². The number of rotatable bonds is 8. The van der Waals surface area contributed by atoms with Gasteiger partial charge in [0.15, 0.2) is 6.10 Å². The number of halogens is 1. The summed E-state index contributed by atoms with van der Waals surface area (Å²) in [5, 5.41) is 15.5. The summed E-state index contributed by atoms with van der Waals surface area (Å²) in [6.07, 6.45) is 5.27. The molecule has 0 aliphatic heterocycles. The smallest absolute Gasteiger partial charge is 0.336 e. The lowest BCUT2D eigenvalue weighted by Gasteiger charge is -2.22. The molecule has 1 unspecified atom stereocenters. The number of anilines is 1. The van der Waals surface area contributed by atoms with Gasteiger partial charge in [-0.05, 0) is 54.2 Å². The monoisotopic (exact) mass is 446 g/mol. The molecule has 0 aromatic heterocycles. The van der Waals surface area contributed by atoms with E-state index in [2.05, 4.69) is 39.6 Å². The standard InChI is InChI=1S/C24H30N2O4.ClH/c1-30-24(29)22(27)16-26-23(28)20-9-7-17(8-10-20)15-25-21-13-11-19(12-14-21)18-5-3-2-4-6-18;/h7-14,18,22,25,27H,2-6,15-16H2,1H3,(H,26,28);1H. The van der Waals surface area contributed by atoms with Crippen LogP contribution in [-0.4, -0.2) is 36.7 Å². The lowest BCUT2D eigenvalue weighted by molar-refractivity contribution is -0.149. The van der Waals surface area contributed by atoms with Gasteiger partial charge in [0.05, 0.1) is 13.7 Å². The van der Waals surface area contributed by atoms with Crippen LogP contribution in [0, 0.1) is 0 Å². The van der Waals surface area contributed by atoms with E-state index in [-0.39, 0.29) is 24.9 Å². The first-order valence-electron chi connectivity index (χ1n) is 10.5. The van der Waals surface area contributed by atoms with Gasteiger partial charge in [-0.25, -0.2) is 4.79 Å². The van der Waals surface area contributed by atoms with Crippen molar-refractivity contribution in [1.82, 2.24) is 5.32 Å². The van der Waals surface area contributed by atoms with Gasteiger partial charge in [-0.15, -0.1) is 12.4 Å². The van der Waals surface area contributed by atoms with Crippen LogP contribution in [0.4, 0.5) is 5.69 Å². The number of benzene rings is 2. The van der Waals surface area contributed by atoms with Gasteiger partial charge in [-0.3, -0.25) is 4.79 Å². The first kappa shape index (κ1) is 24.7. The predicted octanol–water partition coefficient (Wildman–Crippen LogP) is 4.03. The van der Waals surface area contributed by atoms with Crippen LogP contribution in [0.15, 0.2) is 48.5 Å². The van der Waals surface area contributed by atoms with Crippen LogP contribution in [0.2, 0.25) is 0 Å². The SMILES string of the molecule is COC(=O)C(O)CNC(=O)c1ccc(CNc2ccc(C3CCCCC3)cc2)cc1.Cl. The number of amides is 1. The van der Waals surface area contributed by atoms with Crippen molar-refractivity contribution in [1.29, 1.82) is 0 Å². The highest BCUT2D eigenvalue weighted by atomic mass is 35.5. The van der Waals surface area contributed by atoms with Crippen LogP contribution in [-0.2, 0) is 16.1 Å². The summed E-state index contributed by atoms with van der Waals surface area (Å²) in [4.78, 5) is 23.3. The van der Waals surface area contributed by atoms with Gasteiger partial charge in [-0.1, -0.05) is 43.5 Å². The van der Waals surface area contributed by atoms with Crippen LogP contribution in [0.25, 0.3) is 0 Å². The third-order valence-corrected chi connectivity index (χ3v) is 5.63. The van der Waals surface area contributed by atoms with E-state index in [9.17, 15) is 14.7 Å². The van der Waals surface area contributed by atoms with Gasteiger partial charge in [0.1, 0.15) is 0 Å². The molecule has 7 heteroatoms. The Morgan fingerprint density at radius 3 is 2.29 bits per heavy atom. The second-order valence-corrected chi connectivity index (χ2v) is 7.76. The summed E-state index contributed by atoms with van der Waals surface area (Å²) in [6, 6.07) is 16.0. The zero-order valence-electron chi connectivity index (χ0n) is 17.8. The molecular formula is C24H31ClN2O4. The number of nitrogens with one attached hydrogen (secondary N) is 2. The van der Waals surface area contributed by atoms with Gasteiger partial charge in [-0.2, -0.15) is 0 Å². The van der Waals surface area contributed by atoms with Crippen LogP contribution in [0.1, 0.15) is 59.5 Å². The first-order chi connectivity index (χ1) is 14.6. The summed E-state index contributed by atoms with van der Waals surface area (Å²) < 4.78 is 4.42. The third-order valence-electron chi connectivity index (χ3n) is 5.63. The minimum Gasteiger partial charge on any atom is -0.467 e. The molecule has 168 valence electrons. The Kier molecular flexibility index (Phi) is 9.82. The van der Waals surface area contributed by atoms with Gasteiger partial charge in [0.2, 0.25) is 0 Å². The van der Waals surface area contributed by atoms with E-state index < -0.39 is 12.1 Å². The summed E-state index contributed by atoms with van der Waals surface area (Å²) in [5.74, 6) is -0.417. The Hall–Kier alpha value is -2.57. The van der Waals surface area contributed by atoms with Gasteiger partial charge in [0, 0.05) is 17.8 Å². The maximum atomic E-state index is 12.1. The molecule has 1 aliphatic rings. The summed E-state index contributed by atoms with van der Waals surface area (Å²) in [7, 11) is 1.19. The van der Waals surface area contributed by atoms with Crippen molar-refractivity contribution >= 4 is 30.0 Å². The fraction of sp³-hybridized carbons (Fsp3) is 0.417. The molecule has 3 rings (SSSR count). The molecule has 1 atom stereocenters. The highest BCUT2D eigenvalue weighted by molar-refractivity contribution is 5.94. The topological polar surface area (TPSA) is 87.7 Å². The minimum atomic E-state index is -1.37. The molecule has 0 bridgehead atoms. The van der Waals surface area contributed by atoms with E-state index in [1.807, 2.05) is 12.1 Å². The van der Waals surface area contributed by atoms with Crippen molar-refractivity contribution in [2.24, 2.45) is 0 Å². The highest BCUT2D eigenvalue weighted by Crippen LogP contribution is 2.33. The zero-order chi connectivity index (χ0) is 21.3. The largest absolute Gasteiger partial charge is 0.467 e. The lowest BCUT2D eigenvalue weighted by atomic mass is 9.84. The Morgan fingerprint density at radius 1 is 1.03 bits per heavy atom. The number of ether oxygens (including phenoxy) is 1. The first-order valence-corrected chi connectivity index (χ1v) is 10.5. The van der Waals surface area contributed by atoms with Crippen molar-refractivity contribution < 1.29 is 19.4 Å². The Bertz CT molecular complexity index is 834. The number of aliphatic hydroxyl groups excluding tert-OH is 1. The van der Waals surface area contributed by atoms with Crippen LogP contribution in [0.3, 0.4) is 0 Å². The molecule has 3 N–H and O–H groups in total. The molecular weight excluding hydrogens is 416 g/mol. The summed E-state index contributed by atoms with van der Waals surface area (Å²) in [6.45, 7) is 0.470. The van der Waals surface area contributed by atoms with E-state index in [1.54, 1.807) is 12.1 Å². The number of carbonyl (C=O) groups excluding carboxylic acids is 2. The van der Waals surface area contributed by atoms with Crippen molar-refractivity contribution in [2.75, 3.05) is 19.0 Å². The van der Waals surface area contributed by atoms with Crippen molar-refractivity contribution in [3.8, 4) is 0 Å². The molecule has 0 radical (unpaired) electrons. The zero-order valence-corrected chi connectivity index (χ0v) is 18.6. The molecule has 1 aliphatic carbocycles. The average Bonchev–Trinajstić information content (AvgIpc) is 2.81. The minimum absolute atomic E-state index is 0. The number of carbonyl (C=O) groups is 2. The number of hydrogen-bond donors (Lipinski definition) is 3.